The fraction of sp³-hybridized carbons (Fsp3) is 0.778. The van der Waals surface area contributed by atoms with Crippen molar-refractivity contribution in [3.05, 3.63) is 11.6 Å². The summed E-state index contributed by atoms with van der Waals surface area (Å²) >= 11 is 0. The Morgan fingerprint density at radius 2 is 1.81 bits per heavy atom. The Morgan fingerprint density at radius 3 is 2.31 bits per heavy atom. The molecule has 0 spiro atoms. The van der Waals surface area contributed by atoms with Crippen molar-refractivity contribution in [3.63, 3.8) is 0 Å². The van der Waals surface area contributed by atoms with Crippen molar-refractivity contribution in [1.82, 2.24) is 0 Å². The second-order valence-electron chi connectivity index (χ2n) is 7.29. The molecule has 4 N–H and O–H groups in total. The smallest absolute Gasteiger partial charge is 0.319 e. The van der Waals surface area contributed by atoms with E-state index in [-0.39, 0.29) is 5.92 Å². The van der Waals surface area contributed by atoms with Gasteiger partial charge in [0.15, 0.2) is 18.2 Å². The molecule has 8 nitrogen and oxygen atoms in total. The van der Waals surface area contributed by atoms with Gasteiger partial charge in [-0.15, -0.1) is 0 Å². The lowest BCUT2D eigenvalue weighted by Crippen LogP contribution is -2.60. The van der Waals surface area contributed by atoms with Crippen LogP contribution in [0.3, 0.4) is 0 Å². The van der Waals surface area contributed by atoms with Gasteiger partial charge in [-0.05, 0) is 32.3 Å². The molecule has 1 heterocycles. The Bertz CT molecular complexity index is 539. The summed E-state index contributed by atoms with van der Waals surface area (Å²) in [6.45, 7) is 7.72. The van der Waals surface area contributed by atoms with Crippen molar-refractivity contribution in [1.29, 1.82) is 0 Å². The Hall–Kier alpha value is -1.32. The zero-order valence-electron chi connectivity index (χ0n) is 15.9. The standard InChI is InChI=1S/C18H30O8/c1-6-9(2)7-10(3)15(22)18(4,5)17(24)26-14-11(8-19)25-16(23)13(21)12(14)20/h7,9,11-14,16,19-21,23H,6,8H2,1-5H3. The van der Waals surface area contributed by atoms with Crippen LogP contribution in [0, 0.1) is 11.3 Å². The third-order valence-corrected chi connectivity index (χ3v) is 4.70. The maximum absolute atomic E-state index is 12.6. The number of aliphatic hydroxyl groups excluding tert-OH is 4. The second-order valence-corrected chi connectivity index (χ2v) is 7.29. The first kappa shape index (κ1) is 22.7. The average Bonchev–Trinajstić information content (AvgIpc) is 2.60. The number of hydrogen-bond donors (Lipinski definition) is 4. The zero-order chi connectivity index (χ0) is 20.2. The van der Waals surface area contributed by atoms with E-state index >= 15 is 0 Å². The Kier molecular flexibility index (Phi) is 7.91. The van der Waals surface area contributed by atoms with Crippen molar-refractivity contribution in [2.45, 2.75) is 71.7 Å². The molecule has 1 saturated heterocycles. The first-order valence-corrected chi connectivity index (χ1v) is 8.72. The summed E-state index contributed by atoms with van der Waals surface area (Å²) in [6, 6.07) is 0. The Balaban J connectivity index is 2.96. The van der Waals surface area contributed by atoms with Crippen molar-refractivity contribution >= 4 is 11.8 Å². The van der Waals surface area contributed by atoms with Crippen molar-refractivity contribution in [2.75, 3.05) is 6.61 Å². The summed E-state index contributed by atoms with van der Waals surface area (Å²) in [5, 5.41) is 38.6. The molecule has 8 heteroatoms. The summed E-state index contributed by atoms with van der Waals surface area (Å²) in [6.07, 6.45) is -5.10. The average molecular weight is 374 g/mol. The molecule has 1 aliphatic rings. The predicted octanol–water partition coefficient (Wildman–Crippen LogP) is -0.0828. The number of aliphatic hydroxyl groups is 4. The van der Waals surface area contributed by atoms with E-state index in [1.165, 1.54) is 13.8 Å². The molecule has 150 valence electrons. The Morgan fingerprint density at radius 1 is 1.23 bits per heavy atom. The molecule has 0 saturated carbocycles. The van der Waals surface area contributed by atoms with Gasteiger partial charge >= 0.3 is 5.97 Å². The number of carbonyl (C=O) groups excluding carboxylic acids is 2. The molecule has 6 unspecified atom stereocenters. The van der Waals surface area contributed by atoms with Gasteiger partial charge in [-0.2, -0.15) is 0 Å². The van der Waals surface area contributed by atoms with Gasteiger partial charge in [0.25, 0.3) is 0 Å². The molecule has 1 aliphatic heterocycles. The molecule has 0 aliphatic carbocycles. The van der Waals surface area contributed by atoms with Crippen molar-refractivity contribution < 1.29 is 39.5 Å². The third kappa shape index (κ3) is 4.89. The van der Waals surface area contributed by atoms with Gasteiger partial charge in [0.05, 0.1) is 6.61 Å². The minimum Gasteiger partial charge on any atom is -0.456 e. The summed E-state index contributed by atoms with van der Waals surface area (Å²) in [5.41, 5.74) is -1.11. The number of hydrogen-bond acceptors (Lipinski definition) is 8. The lowest BCUT2D eigenvalue weighted by atomic mass is 9.83. The van der Waals surface area contributed by atoms with E-state index in [0.29, 0.717) is 5.57 Å². The molecule has 0 radical (unpaired) electrons. The monoisotopic (exact) mass is 374 g/mol. The van der Waals surface area contributed by atoms with Crippen LogP contribution in [-0.2, 0) is 19.1 Å². The largest absolute Gasteiger partial charge is 0.456 e. The number of ketones is 1. The summed E-state index contributed by atoms with van der Waals surface area (Å²) < 4.78 is 10.1. The van der Waals surface area contributed by atoms with Gasteiger partial charge in [0, 0.05) is 0 Å². The highest BCUT2D eigenvalue weighted by atomic mass is 16.7. The quantitative estimate of drug-likeness (QED) is 0.276. The van der Waals surface area contributed by atoms with E-state index in [4.69, 9.17) is 9.47 Å². The molecular weight excluding hydrogens is 344 g/mol. The molecule has 0 aromatic rings. The normalized spacial score (nSPS) is 31.4. The molecule has 1 rings (SSSR count). The zero-order valence-corrected chi connectivity index (χ0v) is 15.9. The maximum Gasteiger partial charge on any atom is 0.319 e. The highest BCUT2D eigenvalue weighted by Crippen LogP contribution is 2.28. The van der Waals surface area contributed by atoms with Crippen LogP contribution in [0.2, 0.25) is 0 Å². The minimum absolute atomic E-state index is 0.176. The van der Waals surface area contributed by atoms with Crippen LogP contribution in [0.25, 0.3) is 0 Å². The molecule has 1 fully saturated rings. The molecule has 6 atom stereocenters. The van der Waals surface area contributed by atoms with Crippen molar-refractivity contribution in [2.24, 2.45) is 11.3 Å². The number of esters is 1. The van der Waals surface area contributed by atoms with Gasteiger partial charge < -0.3 is 29.9 Å². The highest BCUT2D eigenvalue weighted by Gasteiger charge is 2.48. The lowest BCUT2D eigenvalue weighted by molar-refractivity contribution is -0.291. The number of allylic oxidation sites excluding steroid dienone is 2. The molecule has 0 aromatic heterocycles. The lowest BCUT2D eigenvalue weighted by Gasteiger charge is -2.40. The predicted molar refractivity (Wildman–Crippen MR) is 91.9 cm³/mol. The van der Waals surface area contributed by atoms with Gasteiger partial charge in [0.1, 0.15) is 23.7 Å². The molecule has 0 bridgehead atoms. The van der Waals surface area contributed by atoms with Crippen LogP contribution >= 0.6 is 0 Å². The summed E-state index contributed by atoms with van der Waals surface area (Å²) in [4.78, 5) is 25.2. The van der Waals surface area contributed by atoms with E-state index in [0.717, 1.165) is 6.42 Å². The van der Waals surface area contributed by atoms with E-state index in [9.17, 15) is 30.0 Å². The highest BCUT2D eigenvalue weighted by molar-refractivity contribution is 6.11. The first-order chi connectivity index (χ1) is 12.0. The van der Waals surface area contributed by atoms with Crippen LogP contribution in [0.1, 0.15) is 41.0 Å². The van der Waals surface area contributed by atoms with E-state index in [1.807, 2.05) is 13.8 Å². The minimum atomic E-state index is -1.72. The SMILES string of the molecule is CCC(C)C=C(C)C(=O)C(C)(C)C(=O)OC1C(CO)OC(O)C(O)C1O. The Labute approximate surface area is 153 Å². The second kappa shape index (κ2) is 9.05. The fourth-order valence-electron chi connectivity index (χ4n) is 2.69. The maximum atomic E-state index is 12.6. The van der Waals surface area contributed by atoms with E-state index < -0.39 is 54.5 Å². The molecule has 0 amide bonds. The third-order valence-electron chi connectivity index (χ3n) is 4.70. The summed E-state index contributed by atoms with van der Waals surface area (Å²) in [5.74, 6) is -1.17. The van der Waals surface area contributed by atoms with Crippen LogP contribution in [0.15, 0.2) is 11.6 Å². The van der Waals surface area contributed by atoms with E-state index in [2.05, 4.69) is 0 Å². The molecule has 0 aromatic carbocycles. The topological polar surface area (TPSA) is 134 Å². The van der Waals surface area contributed by atoms with Crippen LogP contribution < -0.4 is 0 Å². The van der Waals surface area contributed by atoms with Crippen LogP contribution in [0.4, 0.5) is 0 Å². The van der Waals surface area contributed by atoms with Gasteiger partial charge in [-0.3, -0.25) is 9.59 Å². The fourth-order valence-corrected chi connectivity index (χ4v) is 2.69. The number of ether oxygens (including phenoxy) is 2. The van der Waals surface area contributed by atoms with Gasteiger partial charge in [-0.25, -0.2) is 0 Å². The van der Waals surface area contributed by atoms with Crippen molar-refractivity contribution in [3.8, 4) is 0 Å². The summed E-state index contributed by atoms with van der Waals surface area (Å²) in [7, 11) is 0. The van der Waals surface area contributed by atoms with Crippen LogP contribution in [-0.4, -0.2) is 69.5 Å². The number of rotatable bonds is 7. The van der Waals surface area contributed by atoms with E-state index in [1.54, 1.807) is 13.0 Å². The van der Waals surface area contributed by atoms with Gasteiger partial charge in [-0.1, -0.05) is 26.3 Å². The first-order valence-electron chi connectivity index (χ1n) is 8.72. The van der Waals surface area contributed by atoms with Gasteiger partial charge in [0.2, 0.25) is 0 Å². The molecular formula is C18H30O8. The molecule has 26 heavy (non-hydrogen) atoms. The number of Topliss-reactive ketones (excluding diaryl/α,β-unsaturated/α-hetero) is 1. The van der Waals surface area contributed by atoms with Crippen LogP contribution in [0.5, 0.6) is 0 Å². The number of carbonyl (C=O) groups is 2.